The third-order valence-corrected chi connectivity index (χ3v) is 4.68. The third kappa shape index (κ3) is 3.32. The summed E-state index contributed by atoms with van der Waals surface area (Å²) in [5, 5.41) is 12.7. The van der Waals surface area contributed by atoms with Gasteiger partial charge in [0.25, 0.3) is 0 Å². The van der Waals surface area contributed by atoms with E-state index in [-0.39, 0.29) is 22.3 Å². The highest BCUT2D eigenvalue weighted by molar-refractivity contribution is 7.89. The SMILES string of the molecule is CCC(C)[C@H](NS(=O)(=O)c1c(C)noc1C)C(=O)O. The minimum Gasteiger partial charge on any atom is -0.480 e. The van der Waals surface area contributed by atoms with E-state index in [9.17, 15) is 13.2 Å². The molecule has 7 nitrogen and oxygen atoms in total. The summed E-state index contributed by atoms with van der Waals surface area (Å²) in [7, 11) is -3.96. The van der Waals surface area contributed by atoms with Crippen LogP contribution in [0.25, 0.3) is 0 Å². The van der Waals surface area contributed by atoms with E-state index in [4.69, 9.17) is 9.63 Å². The second kappa shape index (κ2) is 5.70. The van der Waals surface area contributed by atoms with Crippen LogP contribution in [0.2, 0.25) is 0 Å². The Balaban J connectivity index is 3.12. The number of carboxylic acid groups (broad SMARTS) is 1. The lowest BCUT2D eigenvalue weighted by Crippen LogP contribution is -2.45. The first-order chi connectivity index (χ1) is 8.70. The van der Waals surface area contributed by atoms with Gasteiger partial charge in [-0.05, 0) is 19.8 Å². The molecule has 1 aromatic heterocycles. The molecule has 0 amide bonds. The van der Waals surface area contributed by atoms with Gasteiger partial charge in [0.2, 0.25) is 10.0 Å². The van der Waals surface area contributed by atoms with E-state index < -0.39 is 22.0 Å². The molecule has 0 aromatic carbocycles. The van der Waals surface area contributed by atoms with E-state index in [1.54, 1.807) is 13.8 Å². The van der Waals surface area contributed by atoms with Crippen molar-refractivity contribution in [3.63, 3.8) is 0 Å². The van der Waals surface area contributed by atoms with Gasteiger partial charge in [-0.2, -0.15) is 4.72 Å². The Morgan fingerprint density at radius 1 is 1.47 bits per heavy atom. The van der Waals surface area contributed by atoms with Gasteiger partial charge in [-0.25, -0.2) is 8.42 Å². The van der Waals surface area contributed by atoms with Gasteiger partial charge >= 0.3 is 5.97 Å². The summed E-state index contributed by atoms with van der Waals surface area (Å²) < 4.78 is 31.4. The Morgan fingerprint density at radius 3 is 2.42 bits per heavy atom. The van der Waals surface area contributed by atoms with E-state index >= 15 is 0 Å². The number of hydrogen-bond acceptors (Lipinski definition) is 5. The predicted octanol–water partition coefficient (Wildman–Crippen LogP) is 1.07. The van der Waals surface area contributed by atoms with Crippen LogP contribution in [-0.2, 0) is 14.8 Å². The van der Waals surface area contributed by atoms with E-state index in [0.717, 1.165) is 0 Å². The van der Waals surface area contributed by atoms with Crippen LogP contribution in [0, 0.1) is 19.8 Å². The Bertz CT molecular complexity index is 544. The van der Waals surface area contributed by atoms with Gasteiger partial charge in [-0.1, -0.05) is 25.4 Å². The second-order valence-corrected chi connectivity index (χ2v) is 6.13. The molecule has 0 saturated carbocycles. The summed E-state index contributed by atoms with van der Waals surface area (Å²) >= 11 is 0. The zero-order chi connectivity index (χ0) is 14.8. The summed E-state index contributed by atoms with van der Waals surface area (Å²) in [5.74, 6) is -1.39. The number of aromatic nitrogens is 1. The van der Waals surface area contributed by atoms with Crippen LogP contribution in [0.4, 0.5) is 0 Å². The van der Waals surface area contributed by atoms with Crippen molar-refractivity contribution in [3.05, 3.63) is 11.5 Å². The van der Waals surface area contributed by atoms with Gasteiger partial charge in [0.1, 0.15) is 16.6 Å². The van der Waals surface area contributed by atoms with Crippen LogP contribution in [0.1, 0.15) is 31.7 Å². The van der Waals surface area contributed by atoms with Gasteiger partial charge < -0.3 is 9.63 Å². The zero-order valence-electron chi connectivity index (χ0n) is 11.3. The number of hydrogen-bond donors (Lipinski definition) is 2. The molecule has 0 spiro atoms. The first-order valence-electron chi connectivity index (χ1n) is 5.88. The summed E-state index contributed by atoms with van der Waals surface area (Å²) in [6, 6.07) is -1.18. The molecule has 19 heavy (non-hydrogen) atoms. The summed E-state index contributed by atoms with van der Waals surface area (Å²) in [4.78, 5) is 11.1. The van der Waals surface area contributed by atoms with Crippen molar-refractivity contribution in [1.29, 1.82) is 0 Å². The fourth-order valence-electron chi connectivity index (χ4n) is 1.73. The van der Waals surface area contributed by atoms with Crippen LogP contribution in [-0.4, -0.2) is 30.7 Å². The number of sulfonamides is 1. The summed E-state index contributed by atoms with van der Waals surface area (Å²) in [6.07, 6.45) is 0.543. The van der Waals surface area contributed by atoms with Crippen LogP contribution >= 0.6 is 0 Å². The van der Waals surface area contributed by atoms with Crippen molar-refractivity contribution in [3.8, 4) is 0 Å². The summed E-state index contributed by atoms with van der Waals surface area (Å²) in [5.41, 5.74) is 0.207. The molecule has 108 valence electrons. The highest BCUT2D eigenvalue weighted by Gasteiger charge is 2.32. The molecule has 0 aliphatic heterocycles. The number of rotatable bonds is 6. The molecule has 0 fully saturated rings. The van der Waals surface area contributed by atoms with Crippen molar-refractivity contribution in [2.24, 2.45) is 5.92 Å². The summed E-state index contributed by atoms with van der Waals surface area (Å²) in [6.45, 7) is 6.43. The van der Waals surface area contributed by atoms with Crippen molar-refractivity contribution >= 4 is 16.0 Å². The van der Waals surface area contributed by atoms with Crippen molar-refractivity contribution in [2.75, 3.05) is 0 Å². The molecule has 0 aliphatic rings. The smallest absolute Gasteiger partial charge is 0.322 e. The maximum Gasteiger partial charge on any atom is 0.322 e. The Kier molecular flexibility index (Phi) is 4.70. The maximum atomic E-state index is 12.2. The van der Waals surface area contributed by atoms with Gasteiger partial charge in [0, 0.05) is 0 Å². The van der Waals surface area contributed by atoms with Crippen LogP contribution in [0.3, 0.4) is 0 Å². The lowest BCUT2D eigenvalue weighted by Gasteiger charge is -2.19. The highest BCUT2D eigenvalue weighted by atomic mass is 32.2. The van der Waals surface area contributed by atoms with Gasteiger partial charge in [0.05, 0.1) is 0 Å². The average molecular weight is 290 g/mol. The van der Waals surface area contributed by atoms with E-state index in [0.29, 0.717) is 6.42 Å². The van der Waals surface area contributed by atoms with Gasteiger partial charge in [0.15, 0.2) is 5.76 Å². The van der Waals surface area contributed by atoms with Gasteiger partial charge in [-0.15, -0.1) is 0 Å². The fourth-order valence-corrected chi connectivity index (χ4v) is 3.36. The average Bonchev–Trinajstić information content (AvgIpc) is 2.65. The van der Waals surface area contributed by atoms with Gasteiger partial charge in [-0.3, -0.25) is 4.79 Å². The lowest BCUT2D eigenvalue weighted by molar-refractivity contribution is -0.140. The highest BCUT2D eigenvalue weighted by Crippen LogP contribution is 2.20. The quantitative estimate of drug-likeness (QED) is 0.811. The molecule has 0 radical (unpaired) electrons. The lowest BCUT2D eigenvalue weighted by atomic mass is 10.0. The Labute approximate surface area is 112 Å². The first-order valence-corrected chi connectivity index (χ1v) is 7.37. The normalized spacial score (nSPS) is 15.2. The fraction of sp³-hybridized carbons (Fsp3) is 0.636. The van der Waals surface area contributed by atoms with Crippen LogP contribution in [0.5, 0.6) is 0 Å². The van der Waals surface area contributed by atoms with E-state index in [2.05, 4.69) is 9.88 Å². The predicted molar refractivity (Wildman–Crippen MR) is 67.2 cm³/mol. The number of nitrogens with zero attached hydrogens (tertiary/aromatic N) is 1. The first kappa shape index (κ1) is 15.6. The molecule has 1 heterocycles. The molecule has 1 aromatic rings. The minimum absolute atomic E-state index is 0.0953. The molecule has 1 unspecified atom stereocenters. The van der Waals surface area contributed by atoms with Crippen LogP contribution in [0.15, 0.2) is 9.42 Å². The molecule has 2 atom stereocenters. The molecule has 0 aliphatic carbocycles. The minimum atomic E-state index is -3.96. The number of nitrogens with one attached hydrogen (secondary N) is 1. The number of carbonyl (C=O) groups is 1. The Morgan fingerprint density at radius 2 is 2.05 bits per heavy atom. The molecule has 8 heteroatoms. The number of aliphatic carboxylic acids is 1. The van der Waals surface area contributed by atoms with Crippen molar-refractivity contribution in [2.45, 2.75) is 45.1 Å². The second-order valence-electron chi connectivity index (χ2n) is 4.48. The van der Waals surface area contributed by atoms with Crippen LogP contribution < -0.4 is 4.72 Å². The zero-order valence-corrected chi connectivity index (χ0v) is 12.1. The van der Waals surface area contributed by atoms with E-state index in [1.807, 2.05) is 0 Å². The monoisotopic (exact) mass is 290 g/mol. The molecular formula is C11H18N2O5S. The molecule has 1 rings (SSSR count). The largest absolute Gasteiger partial charge is 0.480 e. The van der Waals surface area contributed by atoms with Crippen molar-refractivity contribution < 1.29 is 22.8 Å². The third-order valence-electron chi connectivity index (χ3n) is 3.00. The topological polar surface area (TPSA) is 110 Å². The Hall–Kier alpha value is -1.41. The van der Waals surface area contributed by atoms with Crippen molar-refractivity contribution in [1.82, 2.24) is 9.88 Å². The standard InChI is InChI=1S/C11H18N2O5S/c1-5-6(2)9(11(14)15)13-19(16,17)10-7(3)12-18-8(10)4/h6,9,13H,5H2,1-4H3,(H,14,15)/t6?,9-/m0/s1. The molecule has 2 N–H and O–H groups in total. The molecular weight excluding hydrogens is 272 g/mol. The number of aryl methyl sites for hydroxylation is 2. The number of carboxylic acids is 1. The molecule has 0 saturated heterocycles. The van der Waals surface area contributed by atoms with E-state index in [1.165, 1.54) is 13.8 Å². The molecule has 0 bridgehead atoms. The maximum absolute atomic E-state index is 12.2.